The van der Waals surface area contributed by atoms with E-state index in [0.29, 0.717) is 5.92 Å². The molecule has 0 amide bonds. The van der Waals surface area contributed by atoms with Gasteiger partial charge in [-0.15, -0.1) is 0 Å². The van der Waals surface area contributed by atoms with Gasteiger partial charge in [0.2, 0.25) is 0 Å². The van der Waals surface area contributed by atoms with Crippen molar-refractivity contribution in [2.24, 2.45) is 11.8 Å². The summed E-state index contributed by atoms with van der Waals surface area (Å²) in [5.74, 6) is 1.41. The zero-order chi connectivity index (χ0) is 8.27. The van der Waals surface area contributed by atoms with Gasteiger partial charge < -0.3 is 12.2 Å². The summed E-state index contributed by atoms with van der Waals surface area (Å²) >= 11 is 0. The molecule has 1 aliphatic rings. The number of hydrogen-bond donors (Lipinski definition) is 1. The molecule has 2 heteroatoms. The second-order valence-corrected chi connectivity index (χ2v) is 3.98. The third-order valence-electron chi connectivity index (χ3n) is 2.14. The minimum Gasteiger partial charge on any atom is -0.469 e. The van der Waals surface area contributed by atoms with Crippen LogP contribution in [0.25, 0.3) is 0 Å². The van der Waals surface area contributed by atoms with E-state index in [0.717, 1.165) is 5.92 Å². The third-order valence-corrected chi connectivity index (χ3v) is 2.14. The summed E-state index contributed by atoms with van der Waals surface area (Å²) in [4.78, 5) is 0. The standard InChI is InChI=1S/C10H19N.Y/c1-8(2)6-9(3)7-10-4-5-11-10;/h8-9,11H,3-7H2,1-2H3;/q-2;. The summed E-state index contributed by atoms with van der Waals surface area (Å²) in [6, 6.07) is 1.52. The van der Waals surface area contributed by atoms with Gasteiger partial charge in [-0.1, -0.05) is 26.8 Å². The van der Waals surface area contributed by atoms with E-state index in [-0.39, 0.29) is 32.7 Å². The number of hydrogen-bond acceptors (Lipinski definition) is 1. The molecule has 1 fully saturated rings. The summed E-state index contributed by atoms with van der Waals surface area (Å²) in [5.41, 5.74) is 0. The van der Waals surface area contributed by atoms with Crippen LogP contribution in [0.4, 0.5) is 0 Å². The second kappa shape index (κ2) is 6.51. The first-order chi connectivity index (χ1) is 5.18. The van der Waals surface area contributed by atoms with Crippen molar-refractivity contribution in [3.05, 3.63) is 13.0 Å². The average molecular weight is 242 g/mol. The molecule has 0 saturated carbocycles. The molecular weight excluding hydrogens is 223 g/mol. The Labute approximate surface area is 102 Å². The fourth-order valence-electron chi connectivity index (χ4n) is 1.57. The summed E-state index contributed by atoms with van der Waals surface area (Å²) in [5, 5.41) is 3.33. The molecule has 1 N–H and O–H groups in total. The van der Waals surface area contributed by atoms with Crippen LogP contribution in [-0.2, 0) is 32.7 Å². The fraction of sp³-hybridized carbons (Fsp3) is 0.800. The monoisotopic (exact) mass is 242 g/mol. The summed E-state index contributed by atoms with van der Waals surface area (Å²) in [6.07, 6.45) is 3.73. The van der Waals surface area contributed by atoms with Gasteiger partial charge in [-0.05, 0) is 5.92 Å². The predicted molar refractivity (Wildman–Crippen MR) is 48.8 cm³/mol. The molecule has 1 atom stereocenters. The van der Waals surface area contributed by atoms with Gasteiger partial charge in [0.25, 0.3) is 0 Å². The van der Waals surface area contributed by atoms with E-state index in [1.807, 2.05) is 0 Å². The van der Waals surface area contributed by atoms with Crippen molar-refractivity contribution >= 4 is 0 Å². The van der Waals surface area contributed by atoms with Crippen LogP contribution in [0.3, 0.4) is 0 Å². The van der Waals surface area contributed by atoms with Gasteiger partial charge in [-0.25, -0.2) is 0 Å². The Morgan fingerprint density at radius 1 is 1.50 bits per heavy atom. The molecule has 1 aliphatic heterocycles. The van der Waals surface area contributed by atoms with Crippen molar-refractivity contribution in [2.45, 2.75) is 33.1 Å². The maximum absolute atomic E-state index is 4.14. The smallest absolute Gasteiger partial charge is 0 e. The molecule has 0 aliphatic carbocycles. The Balaban J connectivity index is 0.00000121. The molecular formula is C10H19NY-2. The van der Waals surface area contributed by atoms with E-state index >= 15 is 0 Å². The minimum absolute atomic E-state index is 0. The van der Waals surface area contributed by atoms with Crippen LogP contribution in [-0.4, -0.2) is 6.54 Å². The van der Waals surface area contributed by atoms with Crippen molar-refractivity contribution in [1.29, 1.82) is 0 Å². The van der Waals surface area contributed by atoms with Gasteiger partial charge in [0.15, 0.2) is 0 Å². The van der Waals surface area contributed by atoms with Crippen LogP contribution in [0.2, 0.25) is 0 Å². The predicted octanol–water partition coefficient (Wildman–Crippen LogP) is 2.40. The molecule has 1 saturated heterocycles. The third kappa shape index (κ3) is 4.94. The van der Waals surface area contributed by atoms with E-state index in [1.54, 1.807) is 0 Å². The maximum atomic E-state index is 4.14. The van der Waals surface area contributed by atoms with Crippen LogP contribution >= 0.6 is 0 Å². The maximum Gasteiger partial charge on any atom is 0 e. The Hall–Kier alpha value is 1.06. The van der Waals surface area contributed by atoms with Crippen LogP contribution < -0.4 is 5.32 Å². The first-order valence-corrected chi connectivity index (χ1v) is 4.60. The summed E-state index contributed by atoms with van der Waals surface area (Å²) in [7, 11) is 0. The first-order valence-electron chi connectivity index (χ1n) is 4.60. The van der Waals surface area contributed by atoms with Crippen LogP contribution in [0.1, 0.15) is 33.1 Å². The molecule has 0 bridgehead atoms. The van der Waals surface area contributed by atoms with Crippen LogP contribution in [0, 0.1) is 24.8 Å². The zero-order valence-corrected chi connectivity index (χ0v) is 11.1. The van der Waals surface area contributed by atoms with Gasteiger partial charge in [-0.2, -0.15) is 18.8 Å². The van der Waals surface area contributed by atoms with Crippen molar-refractivity contribution in [3.63, 3.8) is 0 Å². The Kier molecular flexibility index (Phi) is 7.08. The summed E-state index contributed by atoms with van der Waals surface area (Å²) in [6.45, 7) is 9.85. The van der Waals surface area contributed by atoms with Gasteiger partial charge in [0.05, 0.1) is 0 Å². The number of rotatable bonds is 4. The summed E-state index contributed by atoms with van der Waals surface area (Å²) < 4.78 is 0. The Morgan fingerprint density at radius 2 is 2.08 bits per heavy atom. The molecule has 1 unspecified atom stereocenters. The van der Waals surface area contributed by atoms with E-state index < -0.39 is 0 Å². The van der Waals surface area contributed by atoms with E-state index in [2.05, 4.69) is 26.1 Å². The molecule has 0 aromatic heterocycles. The second-order valence-electron chi connectivity index (χ2n) is 3.98. The van der Waals surface area contributed by atoms with E-state index in [1.165, 1.54) is 31.8 Å². The van der Waals surface area contributed by atoms with Gasteiger partial charge in [0, 0.05) is 32.7 Å². The molecule has 1 rings (SSSR count). The molecule has 1 radical (unpaired) electrons. The Bertz CT molecular complexity index is 110. The minimum atomic E-state index is 0. The van der Waals surface area contributed by atoms with Crippen molar-refractivity contribution in [3.8, 4) is 0 Å². The van der Waals surface area contributed by atoms with Crippen molar-refractivity contribution in [1.82, 2.24) is 5.32 Å². The Morgan fingerprint density at radius 3 is 2.42 bits per heavy atom. The largest absolute Gasteiger partial charge is 0.469 e. The molecule has 0 aromatic rings. The molecule has 12 heavy (non-hydrogen) atoms. The first kappa shape index (κ1) is 13.1. The van der Waals surface area contributed by atoms with E-state index in [9.17, 15) is 0 Å². The van der Waals surface area contributed by atoms with Gasteiger partial charge >= 0.3 is 0 Å². The van der Waals surface area contributed by atoms with Crippen LogP contribution in [0.5, 0.6) is 0 Å². The quantitative estimate of drug-likeness (QED) is 0.746. The number of nitrogens with one attached hydrogen (secondary N) is 1. The zero-order valence-electron chi connectivity index (χ0n) is 8.27. The van der Waals surface area contributed by atoms with E-state index in [4.69, 9.17) is 0 Å². The molecule has 1 nitrogen and oxygen atoms in total. The molecule has 1 heterocycles. The normalized spacial score (nSPS) is 20.0. The fourth-order valence-corrected chi connectivity index (χ4v) is 1.57. The van der Waals surface area contributed by atoms with Gasteiger partial charge in [0.1, 0.15) is 0 Å². The molecule has 0 aromatic carbocycles. The SMILES string of the molecule is [CH2-]C(C[C-]1CCN1)CC(C)C.[Y]. The van der Waals surface area contributed by atoms with Crippen molar-refractivity contribution < 1.29 is 32.7 Å². The molecule has 0 spiro atoms. The van der Waals surface area contributed by atoms with Crippen LogP contribution in [0.15, 0.2) is 0 Å². The van der Waals surface area contributed by atoms with Gasteiger partial charge in [-0.3, -0.25) is 6.04 Å². The molecule has 69 valence electrons. The topological polar surface area (TPSA) is 12.0 Å². The average Bonchev–Trinajstić information content (AvgIpc) is 1.77. The van der Waals surface area contributed by atoms with Crippen molar-refractivity contribution in [2.75, 3.05) is 6.54 Å².